The molecule has 1 saturated heterocycles. The van der Waals surface area contributed by atoms with E-state index < -0.39 is 17.6 Å². The molecular formula is C14H24N2O5. The van der Waals surface area contributed by atoms with Crippen LogP contribution >= 0.6 is 0 Å². The number of ether oxygens (including phenoxy) is 2. The smallest absolute Gasteiger partial charge is 0.408 e. The van der Waals surface area contributed by atoms with Crippen LogP contribution in [-0.4, -0.2) is 55.2 Å². The molecule has 1 heterocycles. The number of likely N-dealkylation sites (tertiary alicyclic amines) is 1. The number of nitrogens with zero attached hydrogens (tertiary/aromatic N) is 1. The van der Waals surface area contributed by atoms with Crippen molar-refractivity contribution in [3.8, 4) is 0 Å². The minimum atomic E-state index is -1.11. The third-order valence-electron chi connectivity index (χ3n) is 3.71. The number of hydrogen-bond donors (Lipinski definition) is 1. The maximum Gasteiger partial charge on any atom is 0.408 e. The average molecular weight is 300 g/mol. The number of carbonyl (C=O) groups is 3. The van der Waals surface area contributed by atoms with Gasteiger partial charge in [-0.15, -0.1) is 0 Å². The van der Waals surface area contributed by atoms with Crippen molar-refractivity contribution in [1.82, 2.24) is 10.2 Å². The zero-order valence-corrected chi connectivity index (χ0v) is 12.9. The van der Waals surface area contributed by atoms with Crippen molar-refractivity contribution >= 4 is 18.0 Å². The van der Waals surface area contributed by atoms with Gasteiger partial charge in [0.25, 0.3) is 0 Å². The number of unbranched alkanes of at least 4 members (excludes halogenated alkanes) is 1. The largest absolute Gasteiger partial charge is 0.467 e. The van der Waals surface area contributed by atoms with Crippen LogP contribution in [0.15, 0.2) is 0 Å². The van der Waals surface area contributed by atoms with Crippen molar-refractivity contribution in [2.45, 2.75) is 45.1 Å². The average Bonchev–Trinajstić information content (AvgIpc) is 2.47. The number of alkyl carbamates (subject to hydrolysis) is 1. The summed E-state index contributed by atoms with van der Waals surface area (Å²) in [7, 11) is 1.28. The summed E-state index contributed by atoms with van der Waals surface area (Å²) in [5.41, 5.74) is -1.11. The van der Waals surface area contributed by atoms with Gasteiger partial charge in [-0.2, -0.15) is 0 Å². The van der Waals surface area contributed by atoms with E-state index in [0.717, 1.165) is 12.8 Å². The second-order valence-electron chi connectivity index (χ2n) is 5.19. The number of nitrogens with one attached hydrogen (secondary N) is 1. The first-order chi connectivity index (χ1) is 9.95. The van der Waals surface area contributed by atoms with E-state index in [1.54, 1.807) is 4.90 Å². The van der Waals surface area contributed by atoms with Crippen LogP contribution in [0.25, 0.3) is 0 Å². The third-order valence-corrected chi connectivity index (χ3v) is 3.71. The summed E-state index contributed by atoms with van der Waals surface area (Å²) < 4.78 is 9.84. The van der Waals surface area contributed by atoms with E-state index >= 15 is 0 Å². The number of esters is 1. The van der Waals surface area contributed by atoms with E-state index in [0.29, 0.717) is 32.5 Å². The summed E-state index contributed by atoms with van der Waals surface area (Å²) in [6.07, 6.45) is 1.72. The predicted octanol–water partition coefficient (Wildman–Crippen LogP) is 1.07. The van der Waals surface area contributed by atoms with Gasteiger partial charge in [-0.1, -0.05) is 13.3 Å². The van der Waals surface area contributed by atoms with Crippen LogP contribution in [0, 0.1) is 0 Å². The summed E-state index contributed by atoms with van der Waals surface area (Å²) in [5.74, 6) is -0.544. The minimum Gasteiger partial charge on any atom is -0.467 e. The molecule has 2 amide bonds. The Morgan fingerprint density at radius 2 is 1.86 bits per heavy atom. The van der Waals surface area contributed by atoms with Crippen molar-refractivity contribution in [3.05, 3.63) is 0 Å². The van der Waals surface area contributed by atoms with Crippen LogP contribution in [0.1, 0.15) is 39.5 Å². The highest BCUT2D eigenvalue weighted by Gasteiger charge is 2.44. The van der Waals surface area contributed by atoms with Gasteiger partial charge in [0.1, 0.15) is 5.54 Å². The van der Waals surface area contributed by atoms with Gasteiger partial charge >= 0.3 is 12.1 Å². The summed E-state index contributed by atoms with van der Waals surface area (Å²) in [5, 5.41) is 2.63. The number of hydrogen-bond acceptors (Lipinski definition) is 5. The molecule has 1 aliphatic rings. The van der Waals surface area contributed by atoms with Gasteiger partial charge in [0.05, 0.1) is 13.7 Å². The Kier molecular flexibility index (Phi) is 6.45. The molecule has 1 N–H and O–H groups in total. The van der Waals surface area contributed by atoms with Crippen molar-refractivity contribution in [3.63, 3.8) is 0 Å². The molecule has 0 radical (unpaired) electrons. The summed E-state index contributed by atoms with van der Waals surface area (Å²) >= 11 is 0. The number of piperidine rings is 1. The van der Waals surface area contributed by atoms with Crippen LogP contribution < -0.4 is 5.32 Å². The second kappa shape index (κ2) is 7.85. The Morgan fingerprint density at radius 1 is 1.24 bits per heavy atom. The molecule has 0 bridgehead atoms. The molecule has 21 heavy (non-hydrogen) atoms. The third kappa shape index (κ3) is 4.61. The van der Waals surface area contributed by atoms with Gasteiger partial charge in [-0.25, -0.2) is 9.59 Å². The molecular weight excluding hydrogens is 276 g/mol. The standard InChI is InChI=1S/C14H24N2O5/c1-4-5-10-21-13(19)15-14(12(18)20-3)6-8-16(9-7-14)11(2)17/h4-10H2,1-3H3,(H,15,19). The summed E-state index contributed by atoms with van der Waals surface area (Å²) in [4.78, 5) is 36.8. The fourth-order valence-corrected chi connectivity index (χ4v) is 2.32. The molecule has 1 rings (SSSR count). The Bertz CT molecular complexity index is 389. The van der Waals surface area contributed by atoms with Crippen LogP contribution in [0.3, 0.4) is 0 Å². The van der Waals surface area contributed by atoms with Gasteiger partial charge in [0.2, 0.25) is 5.91 Å². The molecule has 0 atom stereocenters. The lowest BCUT2D eigenvalue weighted by molar-refractivity contribution is -0.152. The van der Waals surface area contributed by atoms with Crippen molar-refractivity contribution in [1.29, 1.82) is 0 Å². The van der Waals surface area contributed by atoms with Gasteiger partial charge < -0.3 is 19.7 Å². The highest BCUT2D eigenvalue weighted by Crippen LogP contribution is 2.24. The van der Waals surface area contributed by atoms with Crippen LogP contribution in [-0.2, 0) is 19.1 Å². The fourth-order valence-electron chi connectivity index (χ4n) is 2.32. The lowest BCUT2D eigenvalue weighted by Gasteiger charge is -2.39. The topological polar surface area (TPSA) is 84.9 Å². The monoisotopic (exact) mass is 300 g/mol. The Hall–Kier alpha value is -1.79. The van der Waals surface area contributed by atoms with Crippen LogP contribution in [0.4, 0.5) is 4.79 Å². The maximum atomic E-state index is 12.0. The van der Waals surface area contributed by atoms with Crippen molar-refractivity contribution < 1.29 is 23.9 Å². The molecule has 0 unspecified atom stereocenters. The van der Waals surface area contributed by atoms with Crippen LogP contribution in [0.5, 0.6) is 0 Å². The zero-order valence-electron chi connectivity index (χ0n) is 12.9. The van der Waals surface area contributed by atoms with E-state index in [1.165, 1.54) is 14.0 Å². The van der Waals surface area contributed by atoms with E-state index in [4.69, 9.17) is 9.47 Å². The minimum absolute atomic E-state index is 0.0426. The van der Waals surface area contributed by atoms with Gasteiger partial charge in [0, 0.05) is 20.0 Å². The summed E-state index contributed by atoms with van der Waals surface area (Å²) in [6, 6.07) is 0. The van der Waals surface area contributed by atoms with E-state index in [1.807, 2.05) is 6.92 Å². The Morgan fingerprint density at radius 3 is 2.33 bits per heavy atom. The molecule has 7 heteroatoms. The van der Waals surface area contributed by atoms with Gasteiger partial charge in [0.15, 0.2) is 0 Å². The highest BCUT2D eigenvalue weighted by atomic mass is 16.6. The van der Waals surface area contributed by atoms with Gasteiger partial charge in [-0.05, 0) is 19.3 Å². The van der Waals surface area contributed by atoms with E-state index in [-0.39, 0.29) is 5.91 Å². The molecule has 0 spiro atoms. The first-order valence-corrected chi connectivity index (χ1v) is 7.24. The number of amides is 2. The molecule has 120 valence electrons. The molecule has 7 nitrogen and oxygen atoms in total. The maximum absolute atomic E-state index is 12.0. The van der Waals surface area contributed by atoms with Crippen molar-refractivity contribution in [2.24, 2.45) is 0 Å². The molecule has 0 aliphatic carbocycles. The van der Waals surface area contributed by atoms with E-state index in [2.05, 4.69) is 5.32 Å². The Balaban J connectivity index is 2.66. The fraction of sp³-hybridized carbons (Fsp3) is 0.786. The van der Waals surface area contributed by atoms with Crippen molar-refractivity contribution in [2.75, 3.05) is 26.8 Å². The lowest BCUT2D eigenvalue weighted by Crippen LogP contribution is -2.61. The quantitative estimate of drug-likeness (QED) is 0.606. The molecule has 0 aromatic rings. The predicted molar refractivity (Wildman–Crippen MR) is 75.6 cm³/mol. The first kappa shape index (κ1) is 17.3. The SMILES string of the molecule is CCCCOC(=O)NC1(C(=O)OC)CCN(C(C)=O)CC1. The second-order valence-corrected chi connectivity index (χ2v) is 5.19. The van der Waals surface area contributed by atoms with Gasteiger partial charge in [-0.3, -0.25) is 4.79 Å². The molecule has 0 aromatic heterocycles. The number of rotatable bonds is 5. The Labute approximate surface area is 124 Å². The molecule has 1 fully saturated rings. The summed E-state index contributed by atoms with van der Waals surface area (Å²) in [6.45, 7) is 4.60. The lowest BCUT2D eigenvalue weighted by atomic mass is 9.87. The molecule has 0 saturated carbocycles. The normalized spacial score (nSPS) is 17.0. The van der Waals surface area contributed by atoms with Crippen LogP contribution in [0.2, 0.25) is 0 Å². The molecule has 0 aromatic carbocycles. The zero-order chi connectivity index (χ0) is 15.9. The molecule has 1 aliphatic heterocycles. The highest BCUT2D eigenvalue weighted by molar-refractivity contribution is 5.86. The first-order valence-electron chi connectivity index (χ1n) is 7.24. The van der Waals surface area contributed by atoms with E-state index in [9.17, 15) is 14.4 Å². The number of carbonyl (C=O) groups excluding carboxylic acids is 3. The number of methoxy groups -OCH3 is 1.